The summed E-state index contributed by atoms with van der Waals surface area (Å²) in [5.41, 5.74) is 0. The van der Waals surface area contributed by atoms with Gasteiger partial charge in [-0.2, -0.15) is 74.6 Å². The van der Waals surface area contributed by atoms with Crippen molar-refractivity contribution in [3.8, 4) is 0 Å². The first kappa shape index (κ1) is 31.9. The molecule has 1 unspecified atom stereocenters. The summed E-state index contributed by atoms with van der Waals surface area (Å²) in [6.07, 6.45) is -10.8. The molecule has 0 aliphatic heterocycles. The van der Waals surface area contributed by atoms with Gasteiger partial charge >= 0.3 is 55.5 Å². The van der Waals surface area contributed by atoms with E-state index >= 15 is 0 Å². The molecule has 0 aromatic heterocycles. The molecule has 22 heteroatoms. The molecule has 0 aromatic carbocycles. The van der Waals surface area contributed by atoms with E-state index in [4.69, 9.17) is 4.89 Å². The minimum absolute atomic E-state index is 0.348. The second-order valence-electron chi connectivity index (χ2n) is 5.88. The van der Waals surface area contributed by atoms with Crippen molar-refractivity contribution in [3.05, 3.63) is 0 Å². The van der Waals surface area contributed by atoms with Crippen molar-refractivity contribution >= 4 is 7.82 Å². The fraction of sp³-hybridized carbons (Fsp3) is 1.00. The quantitative estimate of drug-likeness (QED) is 0.244. The highest BCUT2D eigenvalue weighted by Crippen LogP contribution is 2.64. The van der Waals surface area contributed by atoms with Gasteiger partial charge in [0.05, 0.1) is 6.61 Å². The van der Waals surface area contributed by atoms with Gasteiger partial charge < -0.3 is 4.89 Å². The smallest absolute Gasteiger partial charge is 0.303 e. The van der Waals surface area contributed by atoms with Crippen molar-refractivity contribution in [3.63, 3.8) is 0 Å². The monoisotopic (exact) mass is 558 g/mol. The van der Waals surface area contributed by atoms with Crippen LogP contribution < -0.4 is 0 Å². The van der Waals surface area contributed by atoms with Crippen LogP contribution in [0.1, 0.15) is 6.42 Å². The van der Waals surface area contributed by atoms with Crippen LogP contribution in [0.25, 0.3) is 0 Å². The number of phosphoric acid groups is 1. The van der Waals surface area contributed by atoms with Crippen molar-refractivity contribution < 1.29 is 93.1 Å². The third-order valence-corrected chi connectivity index (χ3v) is 4.66. The zero-order valence-corrected chi connectivity index (χ0v) is 15.9. The second kappa shape index (κ2) is 8.54. The Bertz CT molecular complexity index is 746. The van der Waals surface area contributed by atoms with E-state index in [2.05, 4.69) is 9.05 Å². The normalized spacial score (nSPS) is 17.8. The molecule has 0 fully saturated rings. The molecule has 0 heterocycles. The van der Waals surface area contributed by atoms with Crippen molar-refractivity contribution in [2.75, 3.05) is 13.7 Å². The molecular weight excluding hydrogens is 550 g/mol. The maximum Gasteiger partial charge on any atom is 0.471 e. The number of hydrogen-bond acceptors (Lipinski definition) is 3. The summed E-state index contributed by atoms with van der Waals surface area (Å²) in [5.74, 6) is -57.2. The highest BCUT2D eigenvalue weighted by molar-refractivity contribution is 7.47. The van der Waals surface area contributed by atoms with E-state index < -0.39 is 68.5 Å². The number of halogens is 17. The van der Waals surface area contributed by atoms with Crippen LogP contribution in [0.3, 0.4) is 0 Å². The fourth-order valence-corrected chi connectivity index (χ4v) is 2.12. The SMILES string of the molecule is COP(=O)(O)OCCC(F)(F)C(F)(F)C(F)(F)C(F)(F)C(F)(F)C(F)(F)C(F)(F)C(F)(F)F. The number of phosphoric ester groups is 1. The van der Waals surface area contributed by atoms with Crippen LogP contribution in [0, 0.1) is 0 Å². The van der Waals surface area contributed by atoms with Crippen molar-refractivity contribution in [2.45, 2.75) is 54.1 Å². The highest BCUT2D eigenvalue weighted by Gasteiger charge is 2.95. The average molecular weight is 558 g/mol. The van der Waals surface area contributed by atoms with Crippen LogP contribution in [0.15, 0.2) is 0 Å². The summed E-state index contributed by atoms with van der Waals surface area (Å²) in [7, 11) is -4.94. The molecule has 0 aliphatic carbocycles. The van der Waals surface area contributed by atoms with Crippen molar-refractivity contribution in [1.29, 1.82) is 0 Å². The third kappa shape index (κ3) is 4.86. The first-order valence-electron chi connectivity index (χ1n) is 7.26. The molecule has 0 aromatic rings. The lowest BCUT2D eigenvalue weighted by atomic mass is 9.88. The van der Waals surface area contributed by atoms with Crippen LogP contribution in [-0.2, 0) is 13.6 Å². The van der Waals surface area contributed by atoms with Crippen LogP contribution >= 0.6 is 7.82 Å². The molecule has 0 spiro atoms. The second-order valence-corrected chi connectivity index (χ2v) is 7.44. The molecule has 33 heavy (non-hydrogen) atoms. The number of hydrogen-bond donors (Lipinski definition) is 1. The van der Waals surface area contributed by atoms with Crippen molar-refractivity contribution in [2.24, 2.45) is 0 Å². The Morgan fingerprint density at radius 2 is 0.909 bits per heavy atom. The predicted molar refractivity (Wildman–Crippen MR) is 68.1 cm³/mol. The van der Waals surface area contributed by atoms with E-state index in [0.717, 1.165) is 0 Å². The summed E-state index contributed by atoms with van der Waals surface area (Å²) >= 11 is 0. The van der Waals surface area contributed by atoms with E-state index in [0.29, 0.717) is 7.11 Å². The molecule has 200 valence electrons. The Morgan fingerprint density at radius 1 is 0.606 bits per heavy atom. The standard InChI is InChI=1S/C11H8F17O4P/c1-31-33(29,30)32-3-2-4(12,13)5(14,15)6(16,17)7(18,19)8(20,21)9(22,23)10(24,25)11(26,27)28/h2-3H2,1H3,(H,29,30). The average Bonchev–Trinajstić information content (AvgIpc) is 2.59. The van der Waals surface area contributed by atoms with Crippen molar-refractivity contribution in [1.82, 2.24) is 0 Å². The fourth-order valence-electron chi connectivity index (χ4n) is 1.70. The molecule has 0 saturated heterocycles. The van der Waals surface area contributed by atoms with Crippen LogP contribution in [0.5, 0.6) is 0 Å². The van der Waals surface area contributed by atoms with Gasteiger partial charge in [-0.3, -0.25) is 9.05 Å². The minimum atomic E-state index is -8.71. The summed E-state index contributed by atoms with van der Waals surface area (Å²) in [6.45, 7) is -2.23. The van der Waals surface area contributed by atoms with Gasteiger partial charge in [0, 0.05) is 13.5 Å². The van der Waals surface area contributed by atoms with E-state index in [9.17, 15) is 79.2 Å². The van der Waals surface area contributed by atoms with Gasteiger partial charge in [-0.25, -0.2) is 4.57 Å². The predicted octanol–water partition coefficient (Wildman–Crippen LogP) is 6.15. The zero-order chi connectivity index (χ0) is 27.3. The molecule has 0 amide bonds. The van der Waals surface area contributed by atoms with E-state index in [1.54, 1.807) is 0 Å². The number of rotatable bonds is 11. The van der Waals surface area contributed by atoms with Gasteiger partial charge in [-0.1, -0.05) is 0 Å². The van der Waals surface area contributed by atoms with Gasteiger partial charge in [-0.05, 0) is 0 Å². The Hall–Kier alpha value is -1.08. The maximum absolute atomic E-state index is 13.4. The minimum Gasteiger partial charge on any atom is -0.303 e. The molecular formula is C11H8F17O4P. The molecule has 0 bridgehead atoms. The highest BCUT2D eigenvalue weighted by atomic mass is 31.2. The van der Waals surface area contributed by atoms with Crippen LogP contribution in [-0.4, -0.2) is 66.2 Å². The summed E-state index contributed by atoms with van der Waals surface area (Å²) in [5, 5.41) is 0. The molecule has 1 atom stereocenters. The number of alkyl halides is 17. The Labute approximate surface area is 170 Å². The first-order chi connectivity index (χ1) is 14.0. The lowest BCUT2D eigenvalue weighted by Gasteiger charge is -2.42. The van der Waals surface area contributed by atoms with E-state index in [1.807, 2.05) is 0 Å². The molecule has 4 nitrogen and oxygen atoms in total. The Balaban J connectivity index is 6.39. The topological polar surface area (TPSA) is 55.8 Å². The summed E-state index contributed by atoms with van der Waals surface area (Å²) in [6, 6.07) is 0. The van der Waals surface area contributed by atoms with Gasteiger partial charge in [0.2, 0.25) is 0 Å². The van der Waals surface area contributed by atoms with E-state index in [-0.39, 0.29) is 0 Å². The first-order valence-corrected chi connectivity index (χ1v) is 8.76. The van der Waals surface area contributed by atoms with Crippen LogP contribution in [0.4, 0.5) is 74.6 Å². The zero-order valence-electron chi connectivity index (χ0n) is 15.0. The maximum atomic E-state index is 13.4. The lowest BCUT2D eigenvalue weighted by molar-refractivity contribution is -0.461. The molecule has 1 N–H and O–H groups in total. The molecule has 0 radical (unpaired) electrons. The van der Waals surface area contributed by atoms with Gasteiger partial charge in [-0.15, -0.1) is 0 Å². The summed E-state index contributed by atoms with van der Waals surface area (Å²) < 4.78 is 238. The third-order valence-electron chi connectivity index (χ3n) is 3.69. The van der Waals surface area contributed by atoms with Gasteiger partial charge in [0.15, 0.2) is 0 Å². The van der Waals surface area contributed by atoms with Crippen LogP contribution in [0.2, 0.25) is 0 Å². The lowest BCUT2D eigenvalue weighted by Crippen LogP contribution is -2.74. The molecule has 0 aliphatic rings. The Morgan fingerprint density at radius 3 is 1.21 bits per heavy atom. The Kier molecular flexibility index (Phi) is 8.26. The van der Waals surface area contributed by atoms with Gasteiger partial charge in [0.1, 0.15) is 0 Å². The van der Waals surface area contributed by atoms with E-state index in [1.165, 1.54) is 0 Å². The largest absolute Gasteiger partial charge is 0.471 e. The molecule has 0 rings (SSSR count). The summed E-state index contributed by atoms with van der Waals surface area (Å²) in [4.78, 5) is 8.62. The van der Waals surface area contributed by atoms with Gasteiger partial charge in [0.25, 0.3) is 0 Å². The molecule has 0 saturated carbocycles.